The third-order valence-corrected chi connectivity index (χ3v) is 5.13. The number of thiophene rings is 1. The standard InChI is InChI=1S/C12H16N4OS2/c1-15(2)11(17)10-9(14)8(7-13)12(19-10)16-3-5-18-6-4-16/h3-6,14H2,1-2H3. The van der Waals surface area contributed by atoms with Crippen molar-refractivity contribution in [2.75, 3.05) is 49.3 Å². The Labute approximate surface area is 121 Å². The van der Waals surface area contributed by atoms with Crippen molar-refractivity contribution in [2.24, 2.45) is 0 Å². The predicted octanol–water partition coefficient (Wildman–Crippen LogP) is 1.46. The molecule has 2 N–H and O–H groups in total. The number of thioether (sulfide) groups is 1. The van der Waals surface area contributed by atoms with E-state index < -0.39 is 0 Å². The zero-order valence-corrected chi connectivity index (χ0v) is 12.6. The van der Waals surface area contributed by atoms with Crippen LogP contribution in [0.5, 0.6) is 0 Å². The molecule has 5 nitrogen and oxygen atoms in total. The molecule has 2 heterocycles. The van der Waals surface area contributed by atoms with Crippen LogP contribution in [0.15, 0.2) is 0 Å². The summed E-state index contributed by atoms with van der Waals surface area (Å²) in [4.78, 5) is 16.2. The fourth-order valence-electron chi connectivity index (χ4n) is 1.89. The smallest absolute Gasteiger partial charge is 0.265 e. The first-order chi connectivity index (χ1) is 9.06. The van der Waals surface area contributed by atoms with Crippen LogP contribution in [0.1, 0.15) is 15.2 Å². The average Bonchev–Trinajstić information content (AvgIpc) is 2.75. The van der Waals surface area contributed by atoms with Crippen LogP contribution in [0, 0.1) is 11.3 Å². The zero-order valence-electron chi connectivity index (χ0n) is 11.0. The van der Waals surface area contributed by atoms with Gasteiger partial charge in [-0.15, -0.1) is 11.3 Å². The lowest BCUT2D eigenvalue weighted by Crippen LogP contribution is -2.32. The number of hydrogen-bond acceptors (Lipinski definition) is 6. The highest BCUT2D eigenvalue weighted by atomic mass is 32.2. The number of hydrogen-bond donors (Lipinski definition) is 1. The molecule has 0 bridgehead atoms. The van der Waals surface area contributed by atoms with Gasteiger partial charge in [0.2, 0.25) is 0 Å². The summed E-state index contributed by atoms with van der Waals surface area (Å²) in [7, 11) is 3.37. The highest BCUT2D eigenvalue weighted by Gasteiger charge is 2.25. The molecule has 1 aliphatic rings. The lowest BCUT2D eigenvalue weighted by atomic mass is 10.2. The van der Waals surface area contributed by atoms with Gasteiger partial charge in [0, 0.05) is 38.7 Å². The van der Waals surface area contributed by atoms with Crippen LogP contribution in [0.3, 0.4) is 0 Å². The first kappa shape index (κ1) is 14.0. The van der Waals surface area contributed by atoms with Gasteiger partial charge in [-0.2, -0.15) is 17.0 Å². The van der Waals surface area contributed by atoms with Gasteiger partial charge in [-0.05, 0) is 0 Å². The van der Waals surface area contributed by atoms with Crippen molar-refractivity contribution in [3.63, 3.8) is 0 Å². The molecule has 102 valence electrons. The number of nitrogen functional groups attached to an aromatic ring is 1. The number of carbonyl (C=O) groups is 1. The largest absolute Gasteiger partial charge is 0.396 e. The molecule has 19 heavy (non-hydrogen) atoms. The summed E-state index contributed by atoms with van der Waals surface area (Å²) in [6.45, 7) is 1.80. The van der Waals surface area contributed by atoms with Crippen LogP contribution in [-0.4, -0.2) is 49.5 Å². The van der Waals surface area contributed by atoms with Crippen molar-refractivity contribution in [3.05, 3.63) is 10.4 Å². The van der Waals surface area contributed by atoms with E-state index >= 15 is 0 Å². The van der Waals surface area contributed by atoms with E-state index in [0.29, 0.717) is 16.1 Å². The van der Waals surface area contributed by atoms with Crippen molar-refractivity contribution in [2.45, 2.75) is 0 Å². The fraction of sp³-hybridized carbons (Fsp3) is 0.500. The number of anilines is 2. The van der Waals surface area contributed by atoms with E-state index in [1.165, 1.54) is 16.2 Å². The van der Waals surface area contributed by atoms with E-state index in [1.54, 1.807) is 14.1 Å². The molecule has 1 aromatic heterocycles. The van der Waals surface area contributed by atoms with E-state index in [0.717, 1.165) is 29.6 Å². The summed E-state index contributed by atoms with van der Waals surface area (Å²) in [5.74, 6) is 1.94. The number of rotatable bonds is 2. The van der Waals surface area contributed by atoms with Gasteiger partial charge >= 0.3 is 0 Å². The summed E-state index contributed by atoms with van der Waals surface area (Å²) >= 11 is 3.23. The minimum absolute atomic E-state index is 0.142. The molecule has 0 radical (unpaired) electrons. The van der Waals surface area contributed by atoms with Gasteiger partial charge in [0.1, 0.15) is 21.5 Å². The second kappa shape index (κ2) is 5.72. The molecule has 0 aliphatic carbocycles. The second-order valence-corrected chi connectivity index (χ2v) is 6.66. The molecule has 0 unspecified atom stereocenters. The molecule has 7 heteroatoms. The number of nitrogens with zero attached hydrogens (tertiary/aromatic N) is 3. The molecule has 1 amide bonds. The summed E-state index contributed by atoms with van der Waals surface area (Å²) in [5, 5.41) is 10.1. The Morgan fingerprint density at radius 1 is 1.42 bits per heavy atom. The normalized spacial score (nSPS) is 15.1. The second-order valence-electron chi connectivity index (χ2n) is 4.44. The predicted molar refractivity (Wildman–Crippen MR) is 81.0 cm³/mol. The molecule has 0 atom stereocenters. The maximum Gasteiger partial charge on any atom is 0.265 e. The van der Waals surface area contributed by atoms with E-state index in [9.17, 15) is 10.1 Å². The van der Waals surface area contributed by atoms with Gasteiger partial charge in [0.05, 0.1) is 5.69 Å². The molecule has 2 rings (SSSR count). The fourth-order valence-corrected chi connectivity index (χ4v) is 4.04. The number of nitriles is 1. The highest BCUT2D eigenvalue weighted by Crippen LogP contribution is 2.39. The van der Waals surface area contributed by atoms with Crippen molar-refractivity contribution in [3.8, 4) is 6.07 Å². The monoisotopic (exact) mass is 296 g/mol. The van der Waals surface area contributed by atoms with E-state index in [1.807, 2.05) is 11.8 Å². The van der Waals surface area contributed by atoms with Crippen LogP contribution in [0.4, 0.5) is 10.7 Å². The van der Waals surface area contributed by atoms with Gasteiger partial charge in [0.25, 0.3) is 5.91 Å². The first-order valence-electron chi connectivity index (χ1n) is 5.93. The van der Waals surface area contributed by atoms with E-state index in [4.69, 9.17) is 5.73 Å². The van der Waals surface area contributed by atoms with E-state index in [-0.39, 0.29) is 5.91 Å². The van der Waals surface area contributed by atoms with Crippen molar-refractivity contribution < 1.29 is 4.79 Å². The Morgan fingerprint density at radius 2 is 2.05 bits per heavy atom. The lowest BCUT2D eigenvalue weighted by molar-refractivity contribution is 0.0833. The Balaban J connectivity index is 2.41. The van der Waals surface area contributed by atoms with Crippen LogP contribution in [0.2, 0.25) is 0 Å². The van der Waals surface area contributed by atoms with E-state index in [2.05, 4.69) is 11.0 Å². The lowest BCUT2D eigenvalue weighted by Gasteiger charge is -2.27. The van der Waals surface area contributed by atoms with Crippen molar-refractivity contribution in [1.29, 1.82) is 5.26 Å². The Hall–Kier alpha value is -1.39. The van der Waals surface area contributed by atoms with Crippen molar-refractivity contribution in [1.82, 2.24) is 4.90 Å². The Kier molecular flexibility index (Phi) is 4.22. The van der Waals surface area contributed by atoms with Gasteiger partial charge in [-0.1, -0.05) is 0 Å². The third-order valence-electron chi connectivity index (χ3n) is 2.94. The SMILES string of the molecule is CN(C)C(=O)c1sc(N2CCSCC2)c(C#N)c1N. The highest BCUT2D eigenvalue weighted by molar-refractivity contribution is 7.99. The number of carbonyl (C=O) groups excluding carboxylic acids is 1. The zero-order chi connectivity index (χ0) is 14.0. The van der Waals surface area contributed by atoms with Gasteiger partial charge in [-0.25, -0.2) is 0 Å². The molecule has 1 saturated heterocycles. The first-order valence-corrected chi connectivity index (χ1v) is 7.90. The maximum absolute atomic E-state index is 12.1. The Bertz CT molecular complexity index is 527. The van der Waals surface area contributed by atoms with Crippen LogP contribution < -0.4 is 10.6 Å². The van der Waals surface area contributed by atoms with Gasteiger partial charge in [-0.3, -0.25) is 4.79 Å². The maximum atomic E-state index is 12.1. The minimum Gasteiger partial charge on any atom is -0.396 e. The summed E-state index contributed by atoms with van der Waals surface area (Å²) in [6, 6.07) is 2.14. The quantitative estimate of drug-likeness (QED) is 0.894. The van der Waals surface area contributed by atoms with Gasteiger partial charge < -0.3 is 15.5 Å². The molecule has 0 spiro atoms. The molecular formula is C12H16N4OS2. The summed E-state index contributed by atoms with van der Waals surface area (Å²) in [5.41, 5.74) is 6.73. The molecular weight excluding hydrogens is 280 g/mol. The number of nitrogens with two attached hydrogens (primary N) is 1. The average molecular weight is 296 g/mol. The topological polar surface area (TPSA) is 73.4 Å². The molecule has 0 saturated carbocycles. The van der Waals surface area contributed by atoms with Crippen LogP contribution >= 0.6 is 23.1 Å². The molecule has 0 aromatic carbocycles. The number of amides is 1. The molecule has 1 aromatic rings. The summed E-state index contributed by atoms with van der Waals surface area (Å²) in [6.07, 6.45) is 0. The van der Waals surface area contributed by atoms with Crippen LogP contribution in [0.25, 0.3) is 0 Å². The Morgan fingerprint density at radius 3 is 2.58 bits per heavy atom. The minimum atomic E-state index is -0.142. The third kappa shape index (κ3) is 2.65. The van der Waals surface area contributed by atoms with Crippen molar-refractivity contribution >= 4 is 39.7 Å². The molecule has 1 aliphatic heterocycles. The van der Waals surface area contributed by atoms with Crippen LogP contribution in [-0.2, 0) is 0 Å². The van der Waals surface area contributed by atoms with Gasteiger partial charge in [0.15, 0.2) is 0 Å². The summed E-state index contributed by atoms with van der Waals surface area (Å²) < 4.78 is 0. The molecule has 1 fully saturated rings.